The minimum absolute atomic E-state index is 0.273. The van der Waals surface area contributed by atoms with Crippen LogP contribution in [0.1, 0.15) is 0 Å². The molecule has 2 nitrogen and oxygen atoms in total. The van der Waals surface area contributed by atoms with Crippen molar-refractivity contribution in [2.75, 3.05) is 19.0 Å². The van der Waals surface area contributed by atoms with E-state index < -0.39 is 0 Å². The van der Waals surface area contributed by atoms with Crippen LogP contribution < -0.4 is 10.1 Å². The Bertz CT molecular complexity index is 368. The lowest BCUT2D eigenvalue weighted by molar-refractivity contribution is 0.414. The smallest absolute Gasteiger partial charge is 0.146 e. The van der Waals surface area contributed by atoms with Gasteiger partial charge in [0.25, 0.3) is 0 Å². The summed E-state index contributed by atoms with van der Waals surface area (Å²) >= 11 is 11.0. The van der Waals surface area contributed by atoms with E-state index in [-0.39, 0.29) is 12.4 Å². The topological polar surface area (TPSA) is 21.3 Å². The fourth-order valence-electron chi connectivity index (χ4n) is 0.985. The number of hydrogen-bond acceptors (Lipinski definition) is 2. The molecule has 0 unspecified atom stereocenters. The number of benzene rings is 1. The molecule has 0 spiro atoms. The van der Waals surface area contributed by atoms with Gasteiger partial charge in [-0.25, -0.2) is 4.39 Å². The van der Waals surface area contributed by atoms with Crippen molar-refractivity contribution in [2.24, 2.45) is 0 Å². The second-order valence-electron chi connectivity index (χ2n) is 2.76. The number of nitrogens with one attached hydrogen (secondary N) is 1. The van der Waals surface area contributed by atoms with Crippen LogP contribution in [0.2, 0.25) is 0 Å². The third-order valence-electron chi connectivity index (χ3n) is 1.74. The van der Waals surface area contributed by atoms with Crippen molar-refractivity contribution in [3.63, 3.8) is 0 Å². The van der Waals surface area contributed by atoms with E-state index in [4.69, 9.17) is 27.9 Å². The van der Waals surface area contributed by atoms with Gasteiger partial charge in [-0.2, -0.15) is 0 Å². The molecule has 0 aromatic heterocycles. The lowest BCUT2D eigenvalue weighted by atomic mass is 10.3. The zero-order chi connectivity index (χ0) is 11.3. The second kappa shape index (κ2) is 5.83. The van der Waals surface area contributed by atoms with Crippen molar-refractivity contribution < 1.29 is 9.13 Å². The molecular formula is C10H10Cl2FNO. The maximum absolute atomic E-state index is 13.2. The van der Waals surface area contributed by atoms with Crippen LogP contribution in [0.4, 0.5) is 10.1 Å². The Morgan fingerprint density at radius 1 is 1.60 bits per heavy atom. The van der Waals surface area contributed by atoms with Crippen molar-refractivity contribution in [1.82, 2.24) is 0 Å². The molecule has 1 N–H and O–H groups in total. The van der Waals surface area contributed by atoms with E-state index in [1.54, 1.807) is 12.1 Å². The van der Waals surface area contributed by atoms with E-state index in [9.17, 15) is 4.39 Å². The van der Waals surface area contributed by atoms with Gasteiger partial charge in [-0.15, -0.1) is 0 Å². The van der Waals surface area contributed by atoms with Crippen molar-refractivity contribution in [1.29, 1.82) is 0 Å². The quantitative estimate of drug-likeness (QED) is 0.881. The number of hydrogen-bond donors (Lipinski definition) is 1. The number of ether oxygens (including phenoxy) is 1. The molecule has 1 rings (SSSR count). The number of methoxy groups -OCH3 is 1. The summed E-state index contributed by atoms with van der Waals surface area (Å²) in [6.45, 7) is 0.273. The van der Waals surface area contributed by atoms with Gasteiger partial charge in [-0.1, -0.05) is 23.2 Å². The minimum Gasteiger partial charge on any atom is -0.497 e. The molecule has 0 atom stereocenters. The Hall–Kier alpha value is -0.930. The van der Waals surface area contributed by atoms with Crippen LogP contribution in [-0.4, -0.2) is 13.7 Å². The van der Waals surface area contributed by atoms with Crippen LogP contribution in [0.15, 0.2) is 28.8 Å². The van der Waals surface area contributed by atoms with Gasteiger partial charge in [-0.3, -0.25) is 0 Å². The highest BCUT2D eigenvalue weighted by atomic mass is 35.5. The summed E-state index contributed by atoms with van der Waals surface area (Å²) in [6, 6.07) is 4.41. The van der Waals surface area contributed by atoms with E-state index in [0.717, 1.165) is 0 Å². The summed E-state index contributed by atoms with van der Waals surface area (Å²) in [7, 11) is 1.52. The van der Waals surface area contributed by atoms with Crippen LogP contribution in [0.5, 0.6) is 5.75 Å². The Morgan fingerprint density at radius 3 is 2.93 bits per heavy atom. The fraction of sp³-hybridized carbons (Fsp3) is 0.200. The molecule has 82 valence electrons. The molecular weight excluding hydrogens is 240 g/mol. The second-order valence-corrected chi connectivity index (χ2v) is 3.46. The first-order chi connectivity index (χ1) is 7.17. The van der Waals surface area contributed by atoms with Gasteiger partial charge >= 0.3 is 0 Å². The third kappa shape index (κ3) is 3.61. The van der Waals surface area contributed by atoms with Crippen molar-refractivity contribution >= 4 is 28.9 Å². The van der Waals surface area contributed by atoms with Gasteiger partial charge in [0.1, 0.15) is 11.6 Å². The molecule has 0 bridgehead atoms. The molecule has 0 heterocycles. The first-order valence-corrected chi connectivity index (χ1v) is 5.01. The summed E-state index contributed by atoms with van der Waals surface area (Å²) in [5.41, 5.74) is 1.55. The summed E-state index contributed by atoms with van der Waals surface area (Å²) in [6.07, 6.45) is 0. The molecule has 0 aliphatic rings. The first-order valence-electron chi connectivity index (χ1n) is 4.19. The minimum atomic E-state index is -0.366. The first kappa shape index (κ1) is 12.1. The maximum atomic E-state index is 13.2. The van der Waals surface area contributed by atoms with Crippen molar-refractivity contribution in [3.8, 4) is 5.75 Å². The molecule has 0 radical (unpaired) electrons. The number of anilines is 1. The van der Waals surface area contributed by atoms with Crippen LogP contribution in [0.3, 0.4) is 0 Å². The maximum Gasteiger partial charge on any atom is 0.146 e. The van der Waals surface area contributed by atoms with Crippen LogP contribution in [0.25, 0.3) is 0 Å². The standard InChI is InChI=1S/C10H10Cl2FNO/c1-15-8-2-3-9(13)10(4-8)14-6-7(12)5-11/h2-5,14H,6H2,1H3. The van der Waals surface area contributed by atoms with Crippen LogP contribution >= 0.6 is 23.2 Å². The van der Waals surface area contributed by atoms with Crippen LogP contribution in [-0.2, 0) is 0 Å². The van der Waals surface area contributed by atoms with E-state index in [1.165, 1.54) is 18.7 Å². The molecule has 15 heavy (non-hydrogen) atoms. The number of rotatable bonds is 4. The predicted octanol–water partition coefficient (Wildman–Crippen LogP) is 3.57. The highest BCUT2D eigenvalue weighted by molar-refractivity contribution is 6.36. The lowest BCUT2D eigenvalue weighted by Gasteiger charge is -2.08. The Balaban J connectivity index is 2.75. The molecule has 0 fully saturated rings. The number of halogens is 3. The molecule has 5 heteroatoms. The van der Waals surface area contributed by atoms with E-state index in [0.29, 0.717) is 16.5 Å². The zero-order valence-electron chi connectivity index (χ0n) is 8.06. The van der Waals surface area contributed by atoms with E-state index in [2.05, 4.69) is 5.32 Å². The molecule has 0 saturated carbocycles. The van der Waals surface area contributed by atoms with Crippen molar-refractivity contribution in [3.05, 3.63) is 34.6 Å². The van der Waals surface area contributed by atoms with Crippen molar-refractivity contribution in [2.45, 2.75) is 0 Å². The van der Waals surface area contributed by atoms with Crippen LogP contribution in [0, 0.1) is 5.82 Å². The fourth-order valence-corrected chi connectivity index (χ4v) is 1.13. The van der Waals surface area contributed by atoms with E-state index in [1.807, 2.05) is 0 Å². The largest absolute Gasteiger partial charge is 0.497 e. The molecule has 0 amide bonds. The summed E-state index contributed by atoms with van der Waals surface area (Å²) < 4.78 is 18.2. The highest BCUT2D eigenvalue weighted by Crippen LogP contribution is 2.21. The Kier molecular flexibility index (Phi) is 4.72. The SMILES string of the molecule is COc1ccc(F)c(NCC(Cl)=CCl)c1. The molecule has 1 aromatic carbocycles. The summed E-state index contributed by atoms with van der Waals surface area (Å²) in [5, 5.41) is 3.20. The average molecular weight is 250 g/mol. The van der Waals surface area contributed by atoms with Gasteiger partial charge < -0.3 is 10.1 Å². The average Bonchev–Trinajstić information content (AvgIpc) is 2.27. The van der Waals surface area contributed by atoms with E-state index >= 15 is 0 Å². The molecule has 0 aliphatic heterocycles. The zero-order valence-corrected chi connectivity index (χ0v) is 9.57. The Morgan fingerprint density at radius 2 is 2.33 bits per heavy atom. The molecule has 0 saturated heterocycles. The van der Waals surface area contributed by atoms with Gasteiger partial charge in [0.2, 0.25) is 0 Å². The van der Waals surface area contributed by atoms with Gasteiger partial charge in [0.15, 0.2) is 0 Å². The summed E-state index contributed by atoms with van der Waals surface area (Å²) in [5.74, 6) is 0.208. The molecule has 1 aromatic rings. The predicted molar refractivity (Wildman–Crippen MR) is 61.2 cm³/mol. The monoisotopic (exact) mass is 249 g/mol. The Labute approximate surface area is 97.6 Å². The van der Waals surface area contributed by atoms with Gasteiger partial charge in [0, 0.05) is 16.6 Å². The summed E-state index contributed by atoms with van der Waals surface area (Å²) in [4.78, 5) is 0. The van der Waals surface area contributed by atoms with Gasteiger partial charge in [0.05, 0.1) is 19.3 Å². The normalized spacial score (nSPS) is 11.3. The highest BCUT2D eigenvalue weighted by Gasteiger charge is 2.03. The van der Waals surface area contributed by atoms with Gasteiger partial charge in [-0.05, 0) is 12.1 Å². The third-order valence-corrected chi connectivity index (χ3v) is 2.36. The molecule has 0 aliphatic carbocycles. The lowest BCUT2D eigenvalue weighted by Crippen LogP contribution is -2.03.